The number of hydrogen-bond acceptors (Lipinski definition) is 3. The Kier molecular flexibility index (Phi) is 2.52. The lowest BCUT2D eigenvalue weighted by Crippen LogP contribution is -2.43. The Morgan fingerprint density at radius 1 is 1.47 bits per heavy atom. The zero-order chi connectivity index (χ0) is 11.1. The summed E-state index contributed by atoms with van der Waals surface area (Å²) >= 11 is 5.81. The number of phenolic OH excluding ortho intramolecular Hbond substituents is 1. The van der Waals surface area contributed by atoms with Crippen LogP contribution < -0.4 is 10.5 Å². The summed E-state index contributed by atoms with van der Waals surface area (Å²) in [5, 5.41) is 10.0. The predicted octanol–water partition coefficient (Wildman–Crippen LogP) is 2.39. The first-order chi connectivity index (χ1) is 7.08. The monoisotopic (exact) mass is 227 g/mol. The van der Waals surface area contributed by atoms with Crippen LogP contribution in [0.15, 0.2) is 12.1 Å². The van der Waals surface area contributed by atoms with Gasteiger partial charge in [0.15, 0.2) is 11.5 Å². The van der Waals surface area contributed by atoms with Crippen LogP contribution in [-0.4, -0.2) is 12.2 Å². The molecule has 1 fully saturated rings. The van der Waals surface area contributed by atoms with E-state index in [-0.39, 0.29) is 11.3 Å². The molecule has 1 aliphatic rings. The summed E-state index contributed by atoms with van der Waals surface area (Å²) in [5.41, 5.74) is 6.68. The molecule has 82 valence electrons. The van der Waals surface area contributed by atoms with Gasteiger partial charge in [0.2, 0.25) is 0 Å². The molecule has 1 aromatic rings. The van der Waals surface area contributed by atoms with Crippen LogP contribution in [0.1, 0.15) is 24.8 Å². The molecule has 0 saturated heterocycles. The summed E-state index contributed by atoms with van der Waals surface area (Å²) in [6, 6.07) is 3.49. The third-order valence-corrected chi connectivity index (χ3v) is 3.37. The fourth-order valence-electron chi connectivity index (χ4n) is 1.97. The average molecular weight is 228 g/mol. The average Bonchev–Trinajstić information content (AvgIpc) is 2.18. The number of ether oxygens (including phenoxy) is 1. The van der Waals surface area contributed by atoms with E-state index in [4.69, 9.17) is 22.1 Å². The molecule has 0 spiro atoms. The number of methoxy groups -OCH3 is 1. The van der Waals surface area contributed by atoms with E-state index in [1.54, 1.807) is 6.07 Å². The van der Waals surface area contributed by atoms with Crippen molar-refractivity contribution in [1.82, 2.24) is 0 Å². The Morgan fingerprint density at radius 3 is 2.60 bits per heavy atom. The van der Waals surface area contributed by atoms with Crippen molar-refractivity contribution in [2.45, 2.75) is 24.8 Å². The Labute approximate surface area is 93.8 Å². The molecule has 0 bridgehead atoms. The Balaban J connectivity index is 2.52. The second-order valence-corrected chi connectivity index (χ2v) is 4.39. The van der Waals surface area contributed by atoms with Gasteiger partial charge in [0.1, 0.15) is 0 Å². The van der Waals surface area contributed by atoms with E-state index in [0.717, 1.165) is 24.8 Å². The van der Waals surface area contributed by atoms with Crippen molar-refractivity contribution in [1.29, 1.82) is 0 Å². The number of hydrogen-bond donors (Lipinski definition) is 2. The minimum absolute atomic E-state index is 0.0200. The second-order valence-electron chi connectivity index (χ2n) is 3.99. The smallest absolute Gasteiger partial charge is 0.177 e. The largest absolute Gasteiger partial charge is 0.503 e. The first-order valence-electron chi connectivity index (χ1n) is 4.93. The van der Waals surface area contributed by atoms with E-state index in [9.17, 15) is 5.11 Å². The van der Waals surface area contributed by atoms with E-state index in [1.807, 2.05) is 6.07 Å². The van der Waals surface area contributed by atoms with Crippen LogP contribution in [0, 0.1) is 0 Å². The molecule has 0 radical (unpaired) electrons. The van der Waals surface area contributed by atoms with Crippen molar-refractivity contribution in [3.63, 3.8) is 0 Å². The molecule has 15 heavy (non-hydrogen) atoms. The van der Waals surface area contributed by atoms with Crippen LogP contribution in [0.4, 0.5) is 0 Å². The molecule has 3 nitrogen and oxygen atoms in total. The van der Waals surface area contributed by atoms with E-state index < -0.39 is 0 Å². The molecule has 0 heterocycles. The lowest BCUT2D eigenvalue weighted by Gasteiger charge is -2.39. The van der Waals surface area contributed by atoms with Gasteiger partial charge in [0, 0.05) is 11.1 Å². The van der Waals surface area contributed by atoms with E-state index >= 15 is 0 Å². The van der Waals surface area contributed by atoms with Crippen molar-refractivity contribution in [3.05, 3.63) is 22.7 Å². The quantitative estimate of drug-likeness (QED) is 0.816. The van der Waals surface area contributed by atoms with Gasteiger partial charge >= 0.3 is 0 Å². The third kappa shape index (κ3) is 1.56. The molecular formula is C11H14ClNO2. The lowest BCUT2D eigenvalue weighted by molar-refractivity contribution is 0.241. The minimum Gasteiger partial charge on any atom is -0.503 e. The van der Waals surface area contributed by atoms with Gasteiger partial charge < -0.3 is 15.6 Å². The molecule has 0 amide bonds. The van der Waals surface area contributed by atoms with Crippen LogP contribution in [0.5, 0.6) is 11.5 Å². The van der Waals surface area contributed by atoms with Gasteiger partial charge in [-0.15, -0.1) is 0 Å². The Bertz CT molecular complexity index is 388. The number of phenols is 1. The normalized spacial score (nSPS) is 18.3. The highest BCUT2D eigenvalue weighted by atomic mass is 35.5. The number of nitrogens with two attached hydrogens (primary N) is 1. The standard InChI is InChI=1S/C11H14ClNO2/c1-15-10-7(11(13)5-2-6-11)3-4-8(12)9(10)14/h3-4,14H,2,5-6,13H2,1H3. The van der Waals surface area contributed by atoms with Crippen molar-refractivity contribution in [2.75, 3.05) is 7.11 Å². The Morgan fingerprint density at radius 2 is 2.13 bits per heavy atom. The molecule has 1 aromatic carbocycles. The summed E-state index contributed by atoms with van der Waals surface area (Å²) in [5.74, 6) is 0.387. The zero-order valence-corrected chi connectivity index (χ0v) is 9.34. The molecule has 0 atom stereocenters. The number of halogens is 1. The van der Waals surface area contributed by atoms with Gasteiger partial charge in [-0.1, -0.05) is 17.7 Å². The van der Waals surface area contributed by atoms with Crippen molar-refractivity contribution < 1.29 is 9.84 Å². The molecule has 1 aliphatic carbocycles. The first kappa shape index (κ1) is 10.6. The van der Waals surface area contributed by atoms with Crippen LogP contribution in [0.2, 0.25) is 5.02 Å². The third-order valence-electron chi connectivity index (χ3n) is 3.07. The zero-order valence-electron chi connectivity index (χ0n) is 8.59. The number of benzene rings is 1. The Hall–Kier alpha value is -0.930. The van der Waals surface area contributed by atoms with Gasteiger partial charge in [0.25, 0.3) is 0 Å². The highest BCUT2D eigenvalue weighted by Gasteiger charge is 2.37. The van der Waals surface area contributed by atoms with Crippen LogP contribution in [0.3, 0.4) is 0 Å². The molecular weight excluding hydrogens is 214 g/mol. The van der Waals surface area contributed by atoms with Crippen LogP contribution in [-0.2, 0) is 5.54 Å². The van der Waals surface area contributed by atoms with Gasteiger partial charge in [-0.2, -0.15) is 0 Å². The number of aromatic hydroxyl groups is 1. The summed E-state index contributed by atoms with van der Waals surface area (Å²) in [6.07, 6.45) is 2.96. The number of rotatable bonds is 2. The van der Waals surface area contributed by atoms with E-state index in [1.165, 1.54) is 7.11 Å². The van der Waals surface area contributed by atoms with Crippen molar-refractivity contribution in [2.24, 2.45) is 5.73 Å². The van der Waals surface area contributed by atoms with Crippen molar-refractivity contribution in [3.8, 4) is 11.5 Å². The van der Waals surface area contributed by atoms with Gasteiger partial charge in [0.05, 0.1) is 12.1 Å². The molecule has 1 saturated carbocycles. The molecule has 2 rings (SSSR count). The molecule has 0 unspecified atom stereocenters. The highest BCUT2D eigenvalue weighted by molar-refractivity contribution is 6.32. The fourth-order valence-corrected chi connectivity index (χ4v) is 2.12. The van der Waals surface area contributed by atoms with E-state index in [0.29, 0.717) is 10.8 Å². The lowest BCUT2D eigenvalue weighted by atomic mass is 9.72. The van der Waals surface area contributed by atoms with Gasteiger partial charge in [-0.25, -0.2) is 0 Å². The maximum absolute atomic E-state index is 9.75. The maximum Gasteiger partial charge on any atom is 0.177 e. The van der Waals surface area contributed by atoms with Crippen LogP contribution in [0.25, 0.3) is 0 Å². The molecule has 0 aliphatic heterocycles. The van der Waals surface area contributed by atoms with Gasteiger partial charge in [-0.05, 0) is 25.3 Å². The topological polar surface area (TPSA) is 55.5 Å². The maximum atomic E-state index is 9.75. The molecule has 4 heteroatoms. The minimum atomic E-state index is -0.354. The van der Waals surface area contributed by atoms with Crippen LogP contribution >= 0.6 is 11.6 Å². The summed E-state index contributed by atoms with van der Waals surface area (Å²) < 4.78 is 5.16. The summed E-state index contributed by atoms with van der Waals surface area (Å²) in [6.45, 7) is 0. The summed E-state index contributed by atoms with van der Waals surface area (Å²) in [4.78, 5) is 0. The first-order valence-corrected chi connectivity index (χ1v) is 5.31. The SMILES string of the molecule is COc1c(C2(N)CCC2)ccc(Cl)c1O. The highest BCUT2D eigenvalue weighted by Crippen LogP contribution is 2.47. The predicted molar refractivity (Wildman–Crippen MR) is 59.4 cm³/mol. The second kappa shape index (κ2) is 3.58. The fraction of sp³-hybridized carbons (Fsp3) is 0.455. The van der Waals surface area contributed by atoms with Crippen molar-refractivity contribution >= 4 is 11.6 Å². The summed E-state index contributed by atoms with van der Waals surface area (Å²) in [7, 11) is 1.51. The molecule has 0 aromatic heterocycles. The van der Waals surface area contributed by atoms with E-state index in [2.05, 4.69) is 0 Å². The molecule has 3 N–H and O–H groups in total. The van der Waals surface area contributed by atoms with Gasteiger partial charge in [-0.3, -0.25) is 0 Å².